The number of halogens is 8. The SMILES string of the molecule is CC(C)(O)CNC(=O)c1nc(C(=O)O)c(-c2ccc(C(O)(C(F)(F)F)C(F)(F)F)cc2C(F)F)s1. The van der Waals surface area contributed by atoms with Gasteiger partial charge in [-0.15, -0.1) is 11.3 Å². The van der Waals surface area contributed by atoms with Gasteiger partial charge in [0, 0.05) is 23.2 Å². The Labute approximate surface area is 195 Å². The van der Waals surface area contributed by atoms with Crippen molar-refractivity contribution in [3.8, 4) is 10.4 Å². The molecule has 35 heavy (non-hydrogen) atoms. The van der Waals surface area contributed by atoms with Crippen molar-refractivity contribution in [2.75, 3.05) is 6.54 Å². The van der Waals surface area contributed by atoms with E-state index in [9.17, 15) is 60.0 Å². The van der Waals surface area contributed by atoms with Crippen molar-refractivity contribution in [1.29, 1.82) is 0 Å². The lowest BCUT2D eigenvalue weighted by Gasteiger charge is -2.33. The maximum Gasteiger partial charge on any atom is 0.430 e. The Balaban J connectivity index is 2.70. The van der Waals surface area contributed by atoms with Crippen molar-refractivity contribution < 1.29 is 60.0 Å². The summed E-state index contributed by atoms with van der Waals surface area (Å²) in [6, 6.07) is 0.180. The van der Waals surface area contributed by atoms with Gasteiger partial charge >= 0.3 is 18.3 Å². The van der Waals surface area contributed by atoms with E-state index < -0.39 is 74.1 Å². The number of thiazole rings is 1. The van der Waals surface area contributed by atoms with Gasteiger partial charge in [-0.05, 0) is 19.9 Å². The summed E-state index contributed by atoms with van der Waals surface area (Å²) in [7, 11) is 0. The molecule has 0 unspecified atom stereocenters. The van der Waals surface area contributed by atoms with E-state index >= 15 is 0 Å². The van der Waals surface area contributed by atoms with Gasteiger partial charge in [-0.2, -0.15) is 26.3 Å². The lowest BCUT2D eigenvalue weighted by molar-refractivity contribution is -0.376. The summed E-state index contributed by atoms with van der Waals surface area (Å²) in [6.45, 7) is 2.32. The zero-order chi connectivity index (χ0) is 27.1. The number of carbonyl (C=O) groups is 2. The number of carboxylic acid groups (broad SMARTS) is 1. The molecular weight excluding hydrogens is 520 g/mol. The summed E-state index contributed by atoms with van der Waals surface area (Å²) in [5.74, 6) is -2.85. The normalized spacial score (nSPS) is 13.3. The monoisotopic (exact) mass is 536 g/mol. The highest BCUT2D eigenvalue weighted by molar-refractivity contribution is 7.17. The van der Waals surface area contributed by atoms with E-state index in [-0.39, 0.29) is 30.0 Å². The molecule has 0 atom stereocenters. The van der Waals surface area contributed by atoms with Crippen molar-refractivity contribution in [3.63, 3.8) is 0 Å². The minimum absolute atomic E-state index is 0.0710. The third kappa shape index (κ3) is 5.70. The molecule has 4 N–H and O–H groups in total. The zero-order valence-electron chi connectivity index (χ0n) is 17.6. The predicted octanol–water partition coefficient (Wildman–Crippen LogP) is 4.26. The number of rotatable bonds is 7. The number of amides is 1. The van der Waals surface area contributed by atoms with Crippen molar-refractivity contribution in [2.24, 2.45) is 0 Å². The molecule has 1 amide bonds. The molecule has 2 rings (SSSR count). The number of benzene rings is 1. The summed E-state index contributed by atoms with van der Waals surface area (Å²) in [6.07, 6.45) is -16.4. The standard InChI is InChI=1S/C19H16F8N2O5S/c1-16(2,33)6-28-13(30)14-29-10(15(31)32)11(35-14)8-4-3-7(5-9(8)12(20)21)17(34,18(22,23)24)19(25,26)27/h3-5,12,33-34H,6H2,1-2H3,(H,28,30)(H,31,32). The van der Waals surface area contributed by atoms with E-state index in [0.29, 0.717) is 6.07 Å². The third-order valence-electron chi connectivity index (χ3n) is 4.48. The van der Waals surface area contributed by atoms with E-state index in [0.717, 1.165) is 0 Å². The van der Waals surface area contributed by atoms with E-state index in [4.69, 9.17) is 0 Å². The van der Waals surface area contributed by atoms with Crippen LogP contribution >= 0.6 is 11.3 Å². The molecule has 0 saturated heterocycles. The summed E-state index contributed by atoms with van der Waals surface area (Å²) in [5.41, 5.74) is -12.1. The summed E-state index contributed by atoms with van der Waals surface area (Å²) in [5, 5.41) is 30.1. The largest absolute Gasteiger partial charge is 0.476 e. The number of carbonyl (C=O) groups excluding carboxylic acids is 1. The van der Waals surface area contributed by atoms with Crippen LogP contribution < -0.4 is 5.32 Å². The van der Waals surface area contributed by atoms with E-state index in [1.165, 1.54) is 13.8 Å². The molecule has 0 bridgehead atoms. The van der Waals surface area contributed by atoms with Crippen LogP contribution in [0.4, 0.5) is 35.1 Å². The van der Waals surface area contributed by atoms with Crippen LogP contribution in [0.25, 0.3) is 10.4 Å². The lowest BCUT2D eigenvalue weighted by atomic mass is 9.89. The van der Waals surface area contributed by atoms with Gasteiger partial charge in [0.05, 0.1) is 10.5 Å². The molecule has 0 radical (unpaired) electrons. The number of hydrogen-bond acceptors (Lipinski definition) is 6. The van der Waals surface area contributed by atoms with Crippen molar-refractivity contribution in [2.45, 2.75) is 43.8 Å². The minimum Gasteiger partial charge on any atom is -0.476 e. The number of nitrogens with zero attached hydrogens (tertiary/aromatic N) is 1. The van der Waals surface area contributed by atoms with Crippen LogP contribution in [0.1, 0.15) is 51.7 Å². The second-order valence-electron chi connectivity index (χ2n) is 7.81. The van der Waals surface area contributed by atoms with Crippen molar-refractivity contribution >= 4 is 23.2 Å². The van der Waals surface area contributed by atoms with Crippen LogP contribution in [-0.2, 0) is 5.60 Å². The van der Waals surface area contributed by atoms with Crippen molar-refractivity contribution in [1.82, 2.24) is 10.3 Å². The van der Waals surface area contributed by atoms with Gasteiger partial charge < -0.3 is 20.6 Å². The highest BCUT2D eigenvalue weighted by Gasteiger charge is 2.71. The van der Waals surface area contributed by atoms with Gasteiger partial charge in [0.25, 0.3) is 17.9 Å². The second-order valence-corrected chi connectivity index (χ2v) is 8.80. The Kier molecular flexibility index (Phi) is 7.55. The first kappa shape index (κ1) is 28.4. The number of hydrogen-bond donors (Lipinski definition) is 4. The highest BCUT2D eigenvalue weighted by atomic mass is 32.1. The molecule has 0 aliphatic heterocycles. The minimum atomic E-state index is -6.34. The quantitative estimate of drug-likeness (QED) is 0.393. The van der Waals surface area contributed by atoms with Gasteiger partial charge in [-0.25, -0.2) is 18.6 Å². The molecule has 0 saturated carbocycles. The Morgan fingerprint density at radius 3 is 2.03 bits per heavy atom. The maximum atomic E-state index is 13.7. The number of alkyl halides is 8. The van der Waals surface area contributed by atoms with E-state index in [2.05, 4.69) is 10.3 Å². The fraction of sp³-hybridized carbons (Fsp3) is 0.421. The first-order chi connectivity index (χ1) is 15.7. The van der Waals surface area contributed by atoms with Gasteiger partial charge in [-0.3, -0.25) is 4.79 Å². The molecule has 194 valence electrons. The van der Waals surface area contributed by atoms with Gasteiger partial charge in [0.15, 0.2) is 10.7 Å². The fourth-order valence-electron chi connectivity index (χ4n) is 2.78. The topological polar surface area (TPSA) is 120 Å². The Morgan fingerprint density at radius 2 is 1.60 bits per heavy atom. The second kappa shape index (κ2) is 9.31. The van der Waals surface area contributed by atoms with Gasteiger partial charge in [0.1, 0.15) is 0 Å². The molecule has 1 aromatic carbocycles. The molecule has 0 spiro atoms. The smallest absolute Gasteiger partial charge is 0.430 e. The van der Waals surface area contributed by atoms with Crippen LogP contribution in [0.5, 0.6) is 0 Å². The third-order valence-corrected chi connectivity index (χ3v) is 5.56. The summed E-state index contributed by atoms with van der Waals surface area (Å²) in [4.78, 5) is 26.7. The number of aromatic carboxylic acids is 1. The lowest BCUT2D eigenvalue weighted by Crippen LogP contribution is -2.54. The molecule has 7 nitrogen and oxygen atoms in total. The molecule has 1 heterocycles. The Hall–Kier alpha value is -2.85. The molecule has 0 fully saturated rings. The predicted molar refractivity (Wildman–Crippen MR) is 104 cm³/mol. The number of aromatic nitrogens is 1. The Bertz CT molecular complexity index is 1110. The maximum absolute atomic E-state index is 13.7. The van der Waals surface area contributed by atoms with Crippen LogP contribution in [0.3, 0.4) is 0 Å². The van der Waals surface area contributed by atoms with E-state index in [1.54, 1.807) is 0 Å². The van der Waals surface area contributed by atoms with E-state index in [1.807, 2.05) is 0 Å². The van der Waals surface area contributed by atoms with Gasteiger partial charge in [0.2, 0.25) is 0 Å². The average Bonchev–Trinajstić information content (AvgIpc) is 3.14. The average molecular weight is 536 g/mol. The molecule has 16 heteroatoms. The van der Waals surface area contributed by atoms with Crippen LogP contribution in [0.2, 0.25) is 0 Å². The molecule has 2 aromatic rings. The Morgan fingerprint density at radius 1 is 1.06 bits per heavy atom. The first-order valence-corrected chi connectivity index (χ1v) is 10.1. The van der Waals surface area contributed by atoms with Crippen molar-refractivity contribution in [3.05, 3.63) is 40.0 Å². The fourth-order valence-corrected chi connectivity index (χ4v) is 3.80. The molecule has 0 aliphatic rings. The van der Waals surface area contributed by atoms with Crippen LogP contribution in [0.15, 0.2) is 18.2 Å². The zero-order valence-corrected chi connectivity index (χ0v) is 18.4. The first-order valence-electron chi connectivity index (χ1n) is 9.24. The molecule has 1 aromatic heterocycles. The number of aliphatic hydroxyl groups is 2. The summed E-state index contributed by atoms with van der Waals surface area (Å²) < 4.78 is 106. The van der Waals surface area contributed by atoms with Crippen LogP contribution in [0, 0.1) is 0 Å². The highest BCUT2D eigenvalue weighted by Crippen LogP contribution is 2.51. The molecule has 0 aliphatic carbocycles. The number of carboxylic acids is 1. The summed E-state index contributed by atoms with van der Waals surface area (Å²) >= 11 is 0.230. The number of nitrogens with one attached hydrogen (secondary N) is 1. The van der Waals surface area contributed by atoms with Crippen LogP contribution in [-0.4, -0.2) is 56.7 Å². The molecular formula is C19H16F8N2O5S. The van der Waals surface area contributed by atoms with Gasteiger partial charge in [-0.1, -0.05) is 12.1 Å².